The molecule has 0 amide bonds. The number of likely N-dealkylation sites (N-methyl/N-ethyl adjacent to an activating group) is 1. The minimum Gasteiger partial charge on any atom is -0.314 e. The summed E-state index contributed by atoms with van der Waals surface area (Å²) in [5.41, 5.74) is 0.310. The highest BCUT2D eigenvalue weighted by Crippen LogP contribution is 2.29. The van der Waals surface area contributed by atoms with Crippen molar-refractivity contribution in [3.8, 4) is 0 Å². The second kappa shape index (κ2) is 5.91. The zero-order valence-electron chi connectivity index (χ0n) is 13.6. The first-order valence-electron chi connectivity index (χ1n) is 8.46. The van der Waals surface area contributed by atoms with Gasteiger partial charge in [0.25, 0.3) is 0 Å². The van der Waals surface area contributed by atoms with Gasteiger partial charge in [0.1, 0.15) is 0 Å². The van der Waals surface area contributed by atoms with E-state index < -0.39 is 0 Å². The van der Waals surface area contributed by atoms with E-state index >= 15 is 0 Å². The lowest BCUT2D eigenvalue weighted by atomic mass is 9.99. The average Bonchev–Trinajstić information content (AvgIpc) is 2.68. The van der Waals surface area contributed by atoms with Gasteiger partial charge in [0.05, 0.1) is 0 Å². The normalized spacial score (nSPS) is 34.4. The fourth-order valence-electron chi connectivity index (χ4n) is 4.44. The van der Waals surface area contributed by atoms with Crippen LogP contribution in [0.25, 0.3) is 0 Å². The van der Waals surface area contributed by atoms with Crippen molar-refractivity contribution in [1.29, 1.82) is 0 Å². The summed E-state index contributed by atoms with van der Waals surface area (Å²) in [5, 5.41) is 3.47. The molecule has 3 fully saturated rings. The number of hydrogen-bond donors (Lipinski definition) is 1. The molecular formula is C16H32N4. The zero-order valence-corrected chi connectivity index (χ0v) is 13.6. The van der Waals surface area contributed by atoms with Gasteiger partial charge in [-0.2, -0.15) is 0 Å². The maximum absolute atomic E-state index is 3.47. The van der Waals surface area contributed by atoms with Gasteiger partial charge in [-0.25, -0.2) is 0 Å². The van der Waals surface area contributed by atoms with Gasteiger partial charge in [-0.3, -0.25) is 14.7 Å². The quantitative estimate of drug-likeness (QED) is 0.827. The molecule has 3 rings (SSSR count). The van der Waals surface area contributed by atoms with Crippen LogP contribution in [-0.4, -0.2) is 85.2 Å². The Kier molecular flexibility index (Phi) is 4.37. The first kappa shape index (κ1) is 14.8. The van der Waals surface area contributed by atoms with Gasteiger partial charge >= 0.3 is 0 Å². The van der Waals surface area contributed by atoms with E-state index in [0.717, 1.165) is 25.2 Å². The van der Waals surface area contributed by atoms with Crippen LogP contribution in [0.5, 0.6) is 0 Å². The third-order valence-electron chi connectivity index (χ3n) is 5.82. The summed E-state index contributed by atoms with van der Waals surface area (Å²) in [6.45, 7) is 13.4. The summed E-state index contributed by atoms with van der Waals surface area (Å²) < 4.78 is 0. The van der Waals surface area contributed by atoms with Crippen molar-refractivity contribution >= 4 is 0 Å². The Hall–Kier alpha value is -0.160. The van der Waals surface area contributed by atoms with Crippen LogP contribution in [0.15, 0.2) is 0 Å². The summed E-state index contributed by atoms with van der Waals surface area (Å²) in [6, 6.07) is 1.66. The van der Waals surface area contributed by atoms with Gasteiger partial charge in [-0.1, -0.05) is 0 Å². The average molecular weight is 280 g/mol. The molecule has 20 heavy (non-hydrogen) atoms. The van der Waals surface area contributed by atoms with Crippen LogP contribution < -0.4 is 5.32 Å². The maximum Gasteiger partial charge on any atom is 0.0281 e. The molecule has 4 nitrogen and oxygen atoms in total. The highest BCUT2D eigenvalue weighted by Gasteiger charge is 2.37. The van der Waals surface area contributed by atoms with E-state index in [1.807, 2.05) is 0 Å². The van der Waals surface area contributed by atoms with Gasteiger partial charge in [0.15, 0.2) is 0 Å². The lowest BCUT2D eigenvalue weighted by Crippen LogP contribution is -2.58. The highest BCUT2D eigenvalue weighted by atomic mass is 15.3. The van der Waals surface area contributed by atoms with Crippen LogP contribution in [0.4, 0.5) is 0 Å². The van der Waals surface area contributed by atoms with Crippen molar-refractivity contribution in [1.82, 2.24) is 20.0 Å². The number of rotatable bonds is 3. The van der Waals surface area contributed by atoms with Gasteiger partial charge in [0, 0.05) is 56.9 Å². The maximum atomic E-state index is 3.47. The van der Waals surface area contributed by atoms with E-state index in [-0.39, 0.29) is 0 Å². The zero-order chi connectivity index (χ0) is 14.2. The molecule has 1 N–H and O–H groups in total. The van der Waals surface area contributed by atoms with Crippen LogP contribution in [0.2, 0.25) is 0 Å². The molecule has 2 bridgehead atoms. The SMILES string of the molecule is CN1C2CCC1CN(CC(C)(C)N1CCNCC1)CC2. The molecule has 2 unspecified atom stereocenters. The van der Waals surface area contributed by atoms with Crippen LogP contribution in [0.1, 0.15) is 33.1 Å². The van der Waals surface area contributed by atoms with Crippen LogP contribution in [-0.2, 0) is 0 Å². The number of nitrogens with zero attached hydrogens (tertiary/aromatic N) is 3. The topological polar surface area (TPSA) is 21.8 Å². The minimum atomic E-state index is 0.310. The van der Waals surface area contributed by atoms with E-state index in [9.17, 15) is 0 Å². The van der Waals surface area contributed by atoms with Gasteiger partial charge in [0.2, 0.25) is 0 Å². The van der Waals surface area contributed by atoms with Crippen molar-refractivity contribution in [3.05, 3.63) is 0 Å². The van der Waals surface area contributed by atoms with Gasteiger partial charge in [-0.05, 0) is 46.7 Å². The Morgan fingerprint density at radius 1 is 1.00 bits per heavy atom. The second-order valence-electron chi connectivity index (χ2n) is 7.62. The molecule has 0 aromatic carbocycles. The van der Waals surface area contributed by atoms with Crippen molar-refractivity contribution in [2.45, 2.75) is 50.7 Å². The Balaban J connectivity index is 1.59. The highest BCUT2D eigenvalue weighted by molar-refractivity contribution is 4.94. The molecule has 0 aliphatic carbocycles. The third kappa shape index (κ3) is 3.03. The van der Waals surface area contributed by atoms with E-state index in [2.05, 4.69) is 40.9 Å². The summed E-state index contributed by atoms with van der Waals surface area (Å²) in [7, 11) is 2.34. The number of nitrogens with one attached hydrogen (secondary N) is 1. The van der Waals surface area contributed by atoms with Crippen molar-refractivity contribution in [3.63, 3.8) is 0 Å². The van der Waals surface area contributed by atoms with E-state index in [1.165, 1.54) is 52.0 Å². The molecule has 4 heteroatoms. The fourth-order valence-corrected chi connectivity index (χ4v) is 4.44. The Bertz CT molecular complexity index is 324. The molecule has 0 saturated carbocycles. The number of hydrogen-bond acceptors (Lipinski definition) is 4. The van der Waals surface area contributed by atoms with E-state index in [0.29, 0.717) is 5.54 Å². The van der Waals surface area contributed by atoms with E-state index in [1.54, 1.807) is 0 Å². The molecule has 0 radical (unpaired) electrons. The molecule has 2 atom stereocenters. The summed E-state index contributed by atoms with van der Waals surface area (Å²) in [5.74, 6) is 0. The lowest BCUT2D eigenvalue weighted by Gasteiger charge is -2.44. The molecule has 3 heterocycles. The van der Waals surface area contributed by atoms with Crippen molar-refractivity contribution in [2.24, 2.45) is 0 Å². The third-order valence-corrected chi connectivity index (χ3v) is 5.82. The fraction of sp³-hybridized carbons (Fsp3) is 1.00. The Morgan fingerprint density at radius 3 is 2.45 bits per heavy atom. The Morgan fingerprint density at radius 2 is 1.70 bits per heavy atom. The molecular weight excluding hydrogens is 248 g/mol. The largest absolute Gasteiger partial charge is 0.314 e. The first-order valence-corrected chi connectivity index (χ1v) is 8.46. The van der Waals surface area contributed by atoms with Gasteiger partial charge < -0.3 is 5.32 Å². The molecule has 3 aliphatic heterocycles. The minimum absolute atomic E-state index is 0.310. The predicted octanol–water partition coefficient (Wildman–Crippen LogP) is 0.839. The van der Waals surface area contributed by atoms with Crippen LogP contribution >= 0.6 is 0 Å². The number of fused-ring (bicyclic) bond motifs is 2. The van der Waals surface area contributed by atoms with Gasteiger partial charge in [-0.15, -0.1) is 0 Å². The molecule has 0 spiro atoms. The predicted molar refractivity (Wildman–Crippen MR) is 84.2 cm³/mol. The summed E-state index contributed by atoms with van der Waals surface area (Å²) in [4.78, 5) is 8.07. The monoisotopic (exact) mass is 280 g/mol. The summed E-state index contributed by atoms with van der Waals surface area (Å²) in [6.07, 6.45) is 4.20. The smallest absolute Gasteiger partial charge is 0.0281 e. The molecule has 0 aromatic rings. The number of piperazine rings is 1. The van der Waals surface area contributed by atoms with E-state index in [4.69, 9.17) is 0 Å². The lowest BCUT2D eigenvalue weighted by molar-refractivity contribution is 0.0600. The number of likely N-dealkylation sites (tertiary alicyclic amines) is 1. The standard InChI is InChI=1S/C16H32N4/c1-16(2,20-10-7-17-8-11-20)13-19-9-6-14-4-5-15(12-19)18(14)3/h14-15,17H,4-13H2,1-3H3. The van der Waals surface area contributed by atoms with Crippen LogP contribution in [0.3, 0.4) is 0 Å². The van der Waals surface area contributed by atoms with Crippen molar-refractivity contribution in [2.75, 3.05) is 52.9 Å². The molecule has 116 valence electrons. The summed E-state index contributed by atoms with van der Waals surface area (Å²) >= 11 is 0. The molecule has 3 saturated heterocycles. The molecule has 0 aromatic heterocycles. The Labute approximate surface area is 124 Å². The second-order valence-corrected chi connectivity index (χ2v) is 7.62. The van der Waals surface area contributed by atoms with Crippen LogP contribution in [0, 0.1) is 0 Å². The first-order chi connectivity index (χ1) is 9.56. The van der Waals surface area contributed by atoms with Crippen molar-refractivity contribution < 1.29 is 0 Å². The molecule has 3 aliphatic rings.